The molecule has 16 heavy (non-hydrogen) atoms. The number of benzene rings is 1. The monoisotopic (exact) mass is 275 g/mol. The van der Waals surface area contributed by atoms with E-state index in [4.69, 9.17) is 0 Å². The highest BCUT2D eigenvalue weighted by Gasteiger charge is 2.06. The molecule has 0 aliphatic carbocycles. The standard InChI is InChI=1S/C12H10BrN3/c1-15-11-7-10(13)3-2-9(11)6-12(15)16-5-4-14-8-16/h2-8H,1H3. The van der Waals surface area contributed by atoms with Crippen molar-refractivity contribution in [2.45, 2.75) is 0 Å². The van der Waals surface area contributed by atoms with Gasteiger partial charge in [0.2, 0.25) is 0 Å². The molecule has 2 heterocycles. The first-order chi connectivity index (χ1) is 7.75. The Morgan fingerprint density at radius 2 is 2.12 bits per heavy atom. The Kier molecular flexibility index (Phi) is 2.11. The molecule has 0 radical (unpaired) electrons. The number of imidazole rings is 1. The van der Waals surface area contributed by atoms with Crippen LogP contribution in [0, 0.1) is 0 Å². The van der Waals surface area contributed by atoms with E-state index in [9.17, 15) is 0 Å². The zero-order valence-electron chi connectivity index (χ0n) is 8.76. The molecular formula is C12H10BrN3. The Morgan fingerprint density at radius 3 is 2.88 bits per heavy atom. The Hall–Kier alpha value is -1.55. The normalized spacial score (nSPS) is 11.1. The van der Waals surface area contributed by atoms with Crippen molar-refractivity contribution in [2.24, 2.45) is 7.05 Å². The van der Waals surface area contributed by atoms with Crippen molar-refractivity contribution in [2.75, 3.05) is 0 Å². The number of aryl methyl sites for hydroxylation is 1. The second kappa shape index (κ2) is 3.49. The summed E-state index contributed by atoms with van der Waals surface area (Å²) in [5.74, 6) is 1.12. The minimum Gasteiger partial charge on any atom is -0.330 e. The van der Waals surface area contributed by atoms with Gasteiger partial charge in [-0.3, -0.25) is 4.57 Å². The predicted molar refractivity (Wildman–Crippen MR) is 67.7 cm³/mol. The summed E-state index contributed by atoms with van der Waals surface area (Å²) in [7, 11) is 2.06. The molecule has 0 saturated heterocycles. The summed E-state index contributed by atoms with van der Waals surface area (Å²) in [5.41, 5.74) is 1.21. The smallest absolute Gasteiger partial charge is 0.118 e. The Labute approximate surface area is 101 Å². The molecule has 80 valence electrons. The van der Waals surface area contributed by atoms with Crippen molar-refractivity contribution >= 4 is 26.8 Å². The van der Waals surface area contributed by atoms with Gasteiger partial charge in [-0.2, -0.15) is 0 Å². The van der Waals surface area contributed by atoms with E-state index in [2.05, 4.69) is 56.8 Å². The van der Waals surface area contributed by atoms with Gasteiger partial charge in [0.15, 0.2) is 0 Å². The minimum atomic E-state index is 1.10. The van der Waals surface area contributed by atoms with Crippen molar-refractivity contribution in [3.8, 4) is 5.82 Å². The molecule has 3 aromatic rings. The molecule has 0 saturated carbocycles. The van der Waals surface area contributed by atoms with E-state index in [-0.39, 0.29) is 0 Å². The van der Waals surface area contributed by atoms with Gasteiger partial charge < -0.3 is 4.57 Å². The Balaban J connectivity index is 2.32. The Bertz CT molecular complexity index is 638. The van der Waals surface area contributed by atoms with Crippen LogP contribution in [-0.4, -0.2) is 14.1 Å². The average molecular weight is 276 g/mol. The van der Waals surface area contributed by atoms with E-state index < -0.39 is 0 Å². The van der Waals surface area contributed by atoms with E-state index in [1.54, 1.807) is 6.20 Å². The zero-order chi connectivity index (χ0) is 11.1. The van der Waals surface area contributed by atoms with E-state index in [1.165, 1.54) is 10.9 Å². The molecule has 0 fully saturated rings. The van der Waals surface area contributed by atoms with Gasteiger partial charge in [-0.15, -0.1) is 0 Å². The molecule has 0 unspecified atom stereocenters. The first-order valence-corrected chi connectivity index (χ1v) is 5.78. The zero-order valence-corrected chi connectivity index (χ0v) is 10.3. The lowest BCUT2D eigenvalue weighted by Gasteiger charge is -2.04. The lowest BCUT2D eigenvalue weighted by atomic mass is 10.2. The average Bonchev–Trinajstić information content (AvgIpc) is 2.87. The lowest BCUT2D eigenvalue weighted by Crippen LogP contribution is -1.98. The quantitative estimate of drug-likeness (QED) is 0.669. The fourth-order valence-electron chi connectivity index (χ4n) is 1.93. The molecule has 4 heteroatoms. The molecule has 0 aliphatic heterocycles. The van der Waals surface area contributed by atoms with Crippen LogP contribution in [0.4, 0.5) is 0 Å². The molecule has 1 aromatic carbocycles. The van der Waals surface area contributed by atoms with E-state index in [0.717, 1.165) is 10.3 Å². The van der Waals surface area contributed by atoms with Gasteiger partial charge in [-0.1, -0.05) is 22.0 Å². The molecule has 0 atom stereocenters. The second-order valence-corrected chi connectivity index (χ2v) is 4.65. The first-order valence-electron chi connectivity index (χ1n) is 4.99. The lowest BCUT2D eigenvalue weighted by molar-refractivity contribution is 0.867. The van der Waals surface area contributed by atoms with Crippen LogP contribution in [0.3, 0.4) is 0 Å². The summed E-state index contributed by atoms with van der Waals surface area (Å²) in [6, 6.07) is 8.44. The van der Waals surface area contributed by atoms with Gasteiger partial charge in [0.05, 0.1) is 5.52 Å². The van der Waals surface area contributed by atoms with E-state index in [1.807, 2.05) is 17.1 Å². The highest BCUT2D eigenvalue weighted by atomic mass is 79.9. The number of nitrogens with zero attached hydrogens (tertiary/aromatic N) is 3. The van der Waals surface area contributed by atoms with Crippen molar-refractivity contribution in [1.82, 2.24) is 14.1 Å². The number of halogens is 1. The van der Waals surface area contributed by atoms with Crippen LogP contribution < -0.4 is 0 Å². The van der Waals surface area contributed by atoms with Crippen molar-refractivity contribution in [3.63, 3.8) is 0 Å². The van der Waals surface area contributed by atoms with E-state index in [0.29, 0.717) is 0 Å². The number of fused-ring (bicyclic) bond motifs is 1. The molecular weight excluding hydrogens is 266 g/mol. The number of aromatic nitrogens is 3. The SMILES string of the molecule is Cn1c(-n2ccnc2)cc2ccc(Br)cc21. The summed E-state index contributed by atoms with van der Waals surface area (Å²) < 4.78 is 5.26. The highest BCUT2D eigenvalue weighted by Crippen LogP contribution is 2.24. The summed E-state index contributed by atoms with van der Waals surface area (Å²) in [6.45, 7) is 0. The third kappa shape index (κ3) is 1.38. The highest BCUT2D eigenvalue weighted by molar-refractivity contribution is 9.10. The Morgan fingerprint density at radius 1 is 1.25 bits per heavy atom. The van der Waals surface area contributed by atoms with Gasteiger partial charge >= 0.3 is 0 Å². The molecule has 0 aliphatic rings. The van der Waals surface area contributed by atoms with Crippen LogP contribution in [0.2, 0.25) is 0 Å². The van der Waals surface area contributed by atoms with Crippen LogP contribution >= 0.6 is 15.9 Å². The summed E-state index contributed by atoms with van der Waals surface area (Å²) >= 11 is 3.49. The maximum absolute atomic E-state index is 4.07. The fraction of sp³-hybridized carbons (Fsp3) is 0.0833. The van der Waals surface area contributed by atoms with Gasteiger partial charge in [0, 0.05) is 29.3 Å². The molecule has 3 rings (SSSR count). The van der Waals surface area contributed by atoms with Gasteiger partial charge in [0.25, 0.3) is 0 Å². The van der Waals surface area contributed by atoms with Gasteiger partial charge in [-0.25, -0.2) is 4.98 Å². The fourth-order valence-corrected chi connectivity index (χ4v) is 2.28. The van der Waals surface area contributed by atoms with Crippen LogP contribution in [0.1, 0.15) is 0 Å². The molecule has 0 N–H and O–H groups in total. The number of hydrogen-bond acceptors (Lipinski definition) is 1. The van der Waals surface area contributed by atoms with Crippen molar-refractivity contribution in [3.05, 3.63) is 47.5 Å². The summed E-state index contributed by atoms with van der Waals surface area (Å²) in [5, 5.41) is 1.23. The van der Waals surface area contributed by atoms with Crippen molar-refractivity contribution in [1.29, 1.82) is 0 Å². The summed E-state index contributed by atoms with van der Waals surface area (Å²) in [6.07, 6.45) is 5.54. The molecule has 3 nitrogen and oxygen atoms in total. The minimum absolute atomic E-state index is 1.10. The van der Waals surface area contributed by atoms with Crippen LogP contribution in [0.5, 0.6) is 0 Å². The maximum atomic E-state index is 4.07. The number of hydrogen-bond donors (Lipinski definition) is 0. The molecule has 0 bridgehead atoms. The topological polar surface area (TPSA) is 22.8 Å². The van der Waals surface area contributed by atoms with E-state index >= 15 is 0 Å². The van der Waals surface area contributed by atoms with Crippen LogP contribution in [0.25, 0.3) is 16.7 Å². The predicted octanol–water partition coefficient (Wildman–Crippen LogP) is 3.13. The van der Waals surface area contributed by atoms with Gasteiger partial charge in [0.1, 0.15) is 12.1 Å². The van der Waals surface area contributed by atoms with Crippen LogP contribution in [0.15, 0.2) is 47.5 Å². The summed E-state index contributed by atoms with van der Waals surface area (Å²) in [4.78, 5) is 4.07. The maximum Gasteiger partial charge on any atom is 0.118 e. The van der Waals surface area contributed by atoms with Gasteiger partial charge in [-0.05, 0) is 18.2 Å². The van der Waals surface area contributed by atoms with Crippen LogP contribution in [-0.2, 0) is 7.05 Å². The molecule has 0 amide bonds. The molecule has 2 aromatic heterocycles. The third-order valence-corrected chi connectivity index (χ3v) is 3.24. The van der Waals surface area contributed by atoms with Crippen molar-refractivity contribution < 1.29 is 0 Å². The number of rotatable bonds is 1. The third-order valence-electron chi connectivity index (χ3n) is 2.75. The first kappa shape index (κ1) is 9.66. The molecule has 0 spiro atoms. The second-order valence-electron chi connectivity index (χ2n) is 3.73. The largest absolute Gasteiger partial charge is 0.330 e.